The second-order valence-electron chi connectivity index (χ2n) is 4.94. The third kappa shape index (κ3) is 2.53. The molecular formula is C15H18ClN3O. The summed E-state index contributed by atoms with van der Waals surface area (Å²) in [5.74, 6) is 0.746. The molecule has 0 amide bonds. The third-order valence-electron chi connectivity index (χ3n) is 3.50. The highest BCUT2D eigenvalue weighted by Gasteiger charge is 2.24. The fourth-order valence-electron chi connectivity index (χ4n) is 2.52. The number of hydrogen-bond donors (Lipinski definition) is 2. The van der Waals surface area contributed by atoms with E-state index in [2.05, 4.69) is 28.3 Å². The molecule has 1 atom stereocenters. The van der Waals surface area contributed by atoms with Crippen LogP contribution in [-0.4, -0.2) is 23.1 Å². The SMILES string of the molecule is CCCOc1ccc(C2NCCc3[nH]cnc32)cc1Cl. The van der Waals surface area contributed by atoms with Crippen molar-refractivity contribution in [2.45, 2.75) is 25.8 Å². The highest BCUT2D eigenvalue weighted by atomic mass is 35.5. The number of benzene rings is 1. The van der Waals surface area contributed by atoms with Gasteiger partial charge in [0.15, 0.2) is 0 Å². The monoisotopic (exact) mass is 291 g/mol. The standard InChI is InChI=1S/C15H18ClN3O/c1-2-7-20-13-4-3-10(8-11(13)16)14-15-12(5-6-17-14)18-9-19-15/h3-4,8-9,14,17H,2,5-7H2,1H3,(H,18,19). The van der Waals surface area contributed by atoms with Crippen molar-refractivity contribution in [3.05, 3.63) is 46.5 Å². The molecule has 5 heteroatoms. The van der Waals surface area contributed by atoms with Gasteiger partial charge in [-0.15, -0.1) is 0 Å². The summed E-state index contributed by atoms with van der Waals surface area (Å²) >= 11 is 6.30. The highest BCUT2D eigenvalue weighted by Crippen LogP contribution is 2.32. The van der Waals surface area contributed by atoms with Crippen molar-refractivity contribution in [1.82, 2.24) is 15.3 Å². The van der Waals surface area contributed by atoms with Crippen LogP contribution in [0.2, 0.25) is 5.02 Å². The molecule has 0 saturated carbocycles. The van der Waals surface area contributed by atoms with Crippen molar-refractivity contribution < 1.29 is 4.74 Å². The number of rotatable bonds is 4. The average molecular weight is 292 g/mol. The molecule has 2 N–H and O–H groups in total. The van der Waals surface area contributed by atoms with Crippen LogP contribution in [0.1, 0.15) is 36.3 Å². The Bertz CT molecular complexity index is 597. The van der Waals surface area contributed by atoms with E-state index >= 15 is 0 Å². The summed E-state index contributed by atoms with van der Waals surface area (Å²) in [6, 6.07) is 6.06. The fraction of sp³-hybridized carbons (Fsp3) is 0.400. The molecule has 0 radical (unpaired) electrons. The zero-order valence-electron chi connectivity index (χ0n) is 11.4. The van der Waals surface area contributed by atoms with Crippen molar-refractivity contribution in [2.24, 2.45) is 0 Å². The number of nitrogens with one attached hydrogen (secondary N) is 2. The number of fused-ring (bicyclic) bond motifs is 1. The zero-order valence-corrected chi connectivity index (χ0v) is 12.2. The van der Waals surface area contributed by atoms with Crippen LogP contribution in [0.3, 0.4) is 0 Å². The predicted octanol–water partition coefficient (Wildman–Crippen LogP) is 3.09. The summed E-state index contributed by atoms with van der Waals surface area (Å²) < 4.78 is 5.61. The van der Waals surface area contributed by atoms with Gasteiger partial charge in [0, 0.05) is 18.7 Å². The van der Waals surface area contributed by atoms with Crippen LogP contribution in [0, 0.1) is 0 Å². The van der Waals surface area contributed by atoms with E-state index in [1.165, 1.54) is 5.69 Å². The van der Waals surface area contributed by atoms with Gasteiger partial charge in [-0.25, -0.2) is 4.98 Å². The molecule has 0 bridgehead atoms. The predicted molar refractivity (Wildman–Crippen MR) is 79.4 cm³/mol. The van der Waals surface area contributed by atoms with E-state index in [-0.39, 0.29) is 6.04 Å². The van der Waals surface area contributed by atoms with Crippen LogP contribution in [0.25, 0.3) is 0 Å². The lowest BCUT2D eigenvalue weighted by Crippen LogP contribution is -2.30. The molecule has 0 spiro atoms. The molecule has 1 aliphatic rings. The minimum atomic E-state index is 0.0997. The molecule has 4 nitrogen and oxygen atoms in total. The Morgan fingerprint density at radius 3 is 3.15 bits per heavy atom. The van der Waals surface area contributed by atoms with E-state index in [0.717, 1.165) is 36.4 Å². The van der Waals surface area contributed by atoms with Gasteiger partial charge in [-0.3, -0.25) is 0 Å². The first-order valence-electron chi connectivity index (χ1n) is 6.97. The highest BCUT2D eigenvalue weighted by molar-refractivity contribution is 6.32. The first kappa shape index (κ1) is 13.5. The summed E-state index contributed by atoms with van der Waals surface area (Å²) in [4.78, 5) is 7.63. The molecular weight excluding hydrogens is 274 g/mol. The minimum absolute atomic E-state index is 0.0997. The molecule has 0 fully saturated rings. The van der Waals surface area contributed by atoms with Gasteiger partial charge in [0.05, 0.1) is 29.7 Å². The number of H-pyrrole nitrogens is 1. The van der Waals surface area contributed by atoms with Gasteiger partial charge in [-0.05, 0) is 24.1 Å². The number of halogens is 1. The Balaban J connectivity index is 1.87. The van der Waals surface area contributed by atoms with Gasteiger partial charge >= 0.3 is 0 Å². The maximum Gasteiger partial charge on any atom is 0.137 e. The van der Waals surface area contributed by atoms with Crippen LogP contribution in [0.15, 0.2) is 24.5 Å². The molecule has 106 valence electrons. The second kappa shape index (κ2) is 5.85. The van der Waals surface area contributed by atoms with Crippen molar-refractivity contribution in [2.75, 3.05) is 13.2 Å². The number of nitrogens with zero attached hydrogens (tertiary/aromatic N) is 1. The number of hydrogen-bond acceptors (Lipinski definition) is 3. The molecule has 1 aromatic carbocycles. The van der Waals surface area contributed by atoms with Crippen molar-refractivity contribution >= 4 is 11.6 Å². The topological polar surface area (TPSA) is 49.9 Å². The molecule has 1 aromatic heterocycles. The smallest absolute Gasteiger partial charge is 0.137 e. The zero-order chi connectivity index (χ0) is 13.9. The van der Waals surface area contributed by atoms with E-state index in [1.54, 1.807) is 6.33 Å². The molecule has 2 heterocycles. The van der Waals surface area contributed by atoms with E-state index < -0.39 is 0 Å². The van der Waals surface area contributed by atoms with E-state index in [4.69, 9.17) is 16.3 Å². The molecule has 2 aromatic rings. The summed E-state index contributed by atoms with van der Waals surface area (Å²) in [6.45, 7) is 3.70. The maximum absolute atomic E-state index is 6.30. The molecule has 0 saturated heterocycles. The Hall–Kier alpha value is -1.52. The maximum atomic E-state index is 6.30. The summed E-state index contributed by atoms with van der Waals surface area (Å²) in [6.07, 6.45) is 3.71. The lowest BCUT2D eigenvalue weighted by molar-refractivity contribution is 0.317. The Labute approximate surface area is 123 Å². The van der Waals surface area contributed by atoms with Gasteiger partial charge in [0.2, 0.25) is 0 Å². The lowest BCUT2D eigenvalue weighted by Gasteiger charge is -2.23. The van der Waals surface area contributed by atoms with E-state index in [9.17, 15) is 0 Å². The van der Waals surface area contributed by atoms with Gasteiger partial charge in [-0.1, -0.05) is 24.6 Å². The van der Waals surface area contributed by atoms with Crippen LogP contribution in [-0.2, 0) is 6.42 Å². The summed E-state index contributed by atoms with van der Waals surface area (Å²) in [7, 11) is 0. The normalized spacial score (nSPS) is 17.8. The summed E-state index contributed by atoms with van der Waals surface area (Å²) in [5, 5.41) is 4.14. The van der Waals surface area contributed by atoms with Gasteiger partial charge < -0.3 is 15.0 Å². The summed E-state index contributed by atoms with van der Waals surface area (Å²) in [5.41, 5.74) is 3.39. The Kier molecular flexibility index (Phi) is 3.94. The number of imidazole rings is 1. The average Bonchev–Trinajstić information content (AvgIpc) is 2.94. The Morgan fingerprint density at radius 2 is 2.35 bits per heavy atom. The van der Waals surface area contributed by atoms with Crippen LogP contribution in [0.5, 0.6) is 5.75 Å². The van der Waals surface area contributed by atoms with Crippen molar-refractivity contribution in [3.8, 4) is 5.75 Å². The third-order valence-corrected chi connectivity index (χ3v) is 3.79. The fourth-order valence-corrected chi connectivity index (χ4v) is 2.76. The van der Waals surface area contributed by atoms with Crippen molar-refractivity contribution in [3.63, 3.8) is 0 Å². The van der Waals surface area contributed by atoms with Crippen LogP contribution in [0.4, 0.5) is 0 Å². The number of aromatic nitrogens is 2. The van der Waals surface area contributed by atoms with Gasteiger partial charge in [0.25, 0.3) is 0 Å². The minimum Gasteiger partial charge on any atom is -0.492 e. The first-order valence-corrected chi connectivity index (χ1v) is 7.35. The quantitative estimate of drug-likeness (QED) is 0.910. The first-order chi connectivity index (χ1) is 9.79. The lowest BCUT2D eigenvalue weighted by atomic mass is 9.98. The molecule has 20 heavy (non-hydrogen) atoms. The van der Waals surface area contributed by atoms with E-state index in [1.807, 2.05) is 12.1 Å². The van der Waals surface area contributed by atoms with Crippen molar-refractivity contribution in [1.29, 1.82) is 0 Å². The van der Waals surface area contributed by atoms with Crippen LogP contribution >= 0.6 is 11.6 Å². The van der Waals surface area contributed by atoms with Gasteiger partial charge in [0.1, 0.15) is 5.75 Å². The van der Waals surface area contributed by atoms with Crippen LogP contribution < -0.4 is 10.1 Å². The number of aromatic amines is 1. The molecule has 1 unspecified atom stereocenters. The number of ether oxygens (including phenoxy) is 1. The second-order valence-corrected chi connectivity index (χ2v) is 5.35. The molecule has 0 aliphatic carbocycles. The Morgan fingerprint density at radius 1 is 1.45 bits per heavy atom. The van der Waals surface area contributed by atoms with Gasteiger partial charge in [-0.2, -0.15) is 0 Å². The molecule has 3 rings (SSSR count). The largest absolute Gasteiger partial charge is 0.492 e. The molecule has 1 aliphatic heterocycles. The van der Waals surface area contributed by atoms with E-state index in [0.29, 0.717) is 11.6 Å².